The molecule has 0 spiro atoms. The van der Waals surface area contributed by atoms with Gasteiger partial charge in [-0.05, 0) is 42.7 Å². The van der Waals surface area contributed by atoms with Crippen LogP contribution in [0.3, 0.4) is 0 Å². The molecular weight excluding hydrogens is 543 g/mol. The Hall–Kier alpha value is -4.16. The molecule has 1 aromatic heterocycles. The summed E-state index contributed by atoms with van der Waals surface area (Å²) in [4.78, 5) is 51.5. The third-order valence-electron chi connectivity index (χ3n) is 8.48. The lowest BCUT2D eigenvalue weighted by Gasteiger charge is -2.29. The number of benzene rings is 2. The van der Waals surface area contributed by atoms with E-state index in [2.05, 4.69) is 20.2 Å². The third-order valence-corrected chi connectivity index (χ3v) is 8.48. The molecule has 0 saturated carbocycles. The van der Waals surface area contributed by atoms with E-state index < -0.39 is 11.9 Å². The van der Waals surface area contributed by atoms with Gasteiger partial charge in [-0.25, -0.2) is 14.4 Å². The number of piperidine rings is 1. The van der Waals surface area contributed by atoms with Crippen molar-refractivity contribution in [3.63, 3.8) is 0 Å². The van der Waals surface area contributed by atoms with Crippen molar-refractivity contribution >= 4 is 34.6 Å². The number of nitrogens with one attached hydrogen (secondary N) is 1. The summed E-state index contributed by atoms with van der Waals surface area (Å²) in [7, 11) is 0. The van der Waals surface area contributed by atoms with Crippen LogP contribution in [-0.4, -0.2) is 89.0 Å². The Balaban J connectivity index is 0.979. The van der Waals surface area contributed by atoms with Crippen LogP contribution in [0.25, 0.3) is 10.9 Å². The van der Waals surface area contributed by atoms with Crippen LogP contribution >= 0.6 is 0 Å². The van der Waals surface area contributed by atoms with Gasteiger partial charge in [0.05, 0.1) is 24.1 Å². The van der Waals surface area contributed by atoms with E-state index in [1.807, 2.05) is 17.0 Å². The molecule has 11 nitrogen and oxygen atoms in total. The molecule has 3 saturated heterocycles. The van der Waals surface area contributed by atoms with Crippen molar-refractivity contribution in [2.45, 2.75) is 44.5 Å². The standard InChI is InChI=1S/C30H31FN6O5/c31-27-18(1-4-24-23(27)14-32-30(33-24)36-9-11-41-12-10-36)15-35-8-7-21(17-35)42-20-2-3-22-19(13-20)16-37(29(22)40)25-5-6-26(38)34-28(25)39/h1-4,13-14,21,25H,5-12,15-17H2,(H,34,38,39)/t21-,25-/m0/s1. The number of rotatable bonds is 6. The van der Waals surface area contributed by atoms with Gasteiger partial charge in [0, 0.05) is 63.0 Å². The second-order valence-electron chi connectivity index (χ2n) is 11.2. The summed E-state index contributed by atoms with van der Waals surface area (Å²) in [5.41, 5.74) is 2.53. The molecule has 0 aliphatic carbocycles. The van der Waals surface area contributed by atoms with Crippen LogP contribution in [0.1, 0.15) is 40.7 Å². The molecule has 2 aromatic carbocycles. The fourth-order valence-corrected chi connectivity index (χ4v) is 6.24. The molecule has 3 amide bonds. The monoisotopic (exact) mass is 574 g/mol. The highest BCUT2D eigenvalue weighted by molar-refractivity contribution is 6.05. The molecule has 42 heavy (non-hydrogen) atoms. The minimum absolute atomic E-state index is 0.0747. The first kappa shape index (κ1) is 26.7. The summed E-state index contributed by atoms with van der Waals surface area (Å²) in [5.74, 6) is 0.00776. The van der Waals surface area contributed by atoms with Gasteiger partial charge in [0.15, 0.2) is 0 Å². The second-order valence-corrected chi connectivity index (χ2v) is 11.2. The van der Waals surface area contributed by atoms with Crippen molar-refractivity contribution in [3.8, 4) is 5.75 Å². The van der Waals surface area contributed by atoms with Gasteiger partial charge in [-0.15, -0.1) is 0 Å². The first-order chi connectivity index (χ1) is 20.4. The van der Waals surface area contributed by atoms with Crippen LogP contribution in [0.4, 0.5) is 10.3 Å². The number of ether oxygens (including phenoxy) is 2. The summed E-state index contributed by atoms with van der Waals surface area (Å²) < 4.78 is 27.1. The average molecular weight is 575 g/mol. The fourth-order valence-electron chi connectivity index (χ4n) is 6.24. The first-order valence-corrected chi connectivity index (χ1v) is 14.4. The van der Waals surface area contributed by atoms with Gasteiger partial charge in [0.25, 0.3) is 5.91 Å². The van der Waals surface area contributed by atoms with Crippen molar-refractivity contribution in [1.29, 1.82) is 0 Å². The van der Waals surface area contributed by atoms with Gasteiger partial charge in [0.2, 0.25) is 17.8 Å². The second kappa shape index (κ2) is 10.9. The summed E-state index contributed by atoms with van der Waals surface area (Å²) in [6, 6.07) is 8.38. The number of halogens is 1. The SMILES string of the molecule is O=C1CC[C@H](N2Cc3cc(O[C@H]4CCN(Cc5ccc6nc(N7CCOCC7)ncc6c5F)C4)ccc3C2=O)C(=O)N1. The van der Waals surface area contributed by atoms with Crippen LogP contribution in [0.15, 0.2) is 36.5 Å². The van der Waals surface area contributed by atoms with Crippen LogP contribution in [0, 0.1) is 5.82 Å². The number of likely N-dealkylation sites (tertiary alicyclic amines) is 1. The Morgan fingerprint density at radius 3 is 2.76 bits per heavy atom. The van der Waals surface area contributed by atoms with Crippen molar-refractivity contribution in [2.24, 2.45) is 0 Å². The smallest absolute Gasteiger partial charge is 0.255 e. The number of hydrogen-bond acceptors (Lipinski definition) is 9. The number of morpholine rings is 1. The number of carbonyl (C=O) groups is 3. The van der Waals surface area contributed by atoms with E-state index in [1.54, 1.807) is 24.4 Å². The Kier molecular flexibility index (Phi) is 6.95. The summed E-state index contributed by atoms with van der Waals surface area (Å²) in [5, 5.41) is 2.74. The lowest BCUT2D eigenvalue weighted by molar-refractivity contribution is -0.136. The molecule has 12 heteroatoms. The van der Waals surface area contributed by atoms with Crippen LogP contribution in [0.2, 0.25) is 0 Å². The van der Waals surface area contributed by atoms with Gasteiger partial charge in [-0.2, -0.15) is 0 Å². The predicted octanol–water partition coefficient (Wildman–Crippen LogP) is 2.02. The minimum Gasteiger partial charge on any atom is -0.489 e. The van der Waals surface area contributed by atoms with E-state index >= 15 is 4.39 Å². The van der Waals surface area contributed by atoms with E-state index in [0.29, 0.717) is 86.1 Å². The molecule has 2 atom stereocenters. The fraction of sp³-hybridized carbons (Fsp3) is 0.433. The summed E-state index contributed by atoms with van der Waals surface area (Å²) >= 11 is 0. The number of imide groups is 1. The van der Waals surface area contributed by atoms with Gasteiger partial charge < -0.3 is 19.3 Å². The first-order valence-electron chi connectivity index (χ1n) is 14.4. The number of amides is 3. The van der Waals surface area contributed by atoms with Gasteiger partial charge in [0.1, 0.15) is 23.7 Å². The molecule has 0 bridgehead atoms. The lowest BCUT2D eigenvalue weighted by Crippen LogP contribution is -2.52. The highest BCUT2D eigenvalue weighted by Crippen LogP contribution is 2.31. The topological polar surface area (TPSA) is 117 Å². The Labute approximate surface area is 241 Å². The maximum absolute atomic E-state index is 15.5. The van der Waals surface area contributed by atoms with Crippen molar-refractivity contribution < 1.29 is 28.2 Å². The Morgan fingerprint density at radius 2 is 1.93 bits per heavy atom. The zero-order valence-electron chi connectivity index (χ0n) is 23.1. The quantitative estimate of drug-likeness (QED) is 0.442. The molecule has 7 rings (SSSR count). The third kappa shape index (κ3) is 5.05. The van der Waals surface area contributed by atoms with Crippen molar-refractivity contribution in [1.82, 2.24) is 25.1 Å². The number of fused-ring (bicyclic) bond motifs is 2. The Bertz CT molecular complexity index is 1580. The van der Waals surface area contributed by atoms with E-state index in [9.17, 15) is 14.4 Å². The van der Waals surface area contributed by atoms with Crippen molar-refractivity contribution in [2.75, 3.05) is 44.3 Å². The number of hydrogen-bond donors (Lipinski definition) is 1. The number of aromatic nitrogens is 2. The molecule has 1 N–H and O–H groups in total. The zero-order chi connectivity index (χ0) is 28.8. The lowest BCUT2D eigenvalue weighted by atomic mass is 10.0. The normalized spacial score (nSPS) is 23.0. The number of anilines is 1. The largest absolute Gasteiger partial charge is 0.489 e. The van der Waals surface area contributed by atoms with Crippen LogP contribution < -0.4 is 15.0 Å². The van der Waals surface area contributed by atoms with Crippen LogP contribution in [-0.2, 0) is 27.4 Å². The number of carbonyl (C=O) groups excluding carboxylic acids is 3. The highest BCUT2D eigenvalue weighted by Gasteiger charge is 2.39. The molecule has 4 aliphatic rings. The Morgan fingerprint density at radius 1 is 1.07 bits per heavy atom. The van der Waals surface area contributed by atoms with E-state index in [-0.39, 0.29) is 30.2 Å². The van der Waals surface area contributed by atoms with Gasteiger partial charge in [-0.3, -0.25) is 24.6 Å². The maximum Gasteiger partial charge on any atom is 0.255 e. The van der Waals surface area contributed by atoms with Gasteiger partial charge >= 0.3 is 0 Å². The van der Waals surface area contributed by atoms with E-state index in [4.69, 9.17) is 9.47 Å². The molecule has 4 aliphatic heterocycles. The highest BCUT2D eigenvalue weighted by atomic mass is 19.1. The number of nitrogens with zero attached hydrogens (tertiary/aromatic N) is 5. The van der Waals surface area contributed by atoms with E-state index in [1.165, 1.54) is 4.90 Å². The van der Waals surface area contributed by atoms with Gasteiger partial charge in [-0.1, -0.05) is 6.07 Å². The van der Waals surface area contributed by atoms with Crippen LogP contribution in [0.5, 0.6) is 5.75 Å². The predicted molar refractivity (Wildman–Crippen MR) is 149 cm³/mol. The molecule has 3 fully saturated rings. The molecule has 218 valence electrons. The zero-order valence-corrected chi connectivity index (χ0v) is 23.1. The van der Waals surface area contributed by atoms with E-state index in [0.717, 1.165) is 18.5 Å². The summed E-state index contributed by atoms with van der Waals surface area (Å²) in [6.07, 6.45) is 2.83. The molecular formula is C30H31FN6O5. The molecule has 5 heterocycles. The molecule has 0 unspecified atom stereocenters. The summed E-state index contributed by atoms with van der Waals surface area (Å²) in [6.45, 7) is 4.85. The molecule has 0 radical (unpaired) electrons. The molecule has 3 aromatic rings. The average Bonchev–Trinajstić information content (AvgIpc) is 3.58. The minimum atomic E-state index is -0.649. The maximum atomic E-state index is 15.5. The van der Waals surface area contributed by atoms with Crippen molar-refractivity contribution in [3.05, 3.63) is 59.0 Å².